The summed E-state index contributed by atoms with van der Waals surface area (Å²) in [6.07, 6.45) is 6.50. The molecule has 3 saturated heterocycles. The van der Waals surface area contributed by atoms with Crippen LogP contribution in [0.5, 0.6) is 0 Å². The van der Waals surface area contributed by atoms with Crippen LogP contribution in [0.3, 0.4) is 0 Å². The first-order chi connectivity index (χ1) is 18.7. The van der Waals surface area contributed by atoms with Crippen LogP contribution in [-0.2, 0) is 23.9 Å². The topological polar surface area (TPSA) is 96.4 Å². The lowest BCUT2D eigenvalue weighted by Gasteiger charge is -2.37. The van der Waals surface area contributed by atoms with Crippen LogP contribution in [0, 0.1) is 25.7 Å². The molecule has 2 bridgehead atoms. The molecule has 1 spiro atoms. The average molecular weight is 541 g/mol. The summed E-state index contributed by atoms with van der Waals surface area (Å²) < 4.78 is 12.3. The number of aliphatic hydroxyl groups excluding tert-OH is 1. The van der Waals surface area contributed by atoms with E-state index in [1.165, 1.54) is 0 Å². The summed E-state index contributed by atoms with van der Waals surface area (Å²) in [5, 5.41) is 9.17. The monoisotopic (exact) mass is 540 g/mol. The second kappa shape index (κ2) is 11.8. The Labute approximate surface area is 232 Å². The number of nitrogens with zero attached hydrogens (tertiary/aromatic N) is 2. The van der Waals surface area contributed by atoms with E-state index < -0.39 is 35.0 Å². The van der Waals surface area contributed by atoms with Gasteiger partial charge in [0, 0.05) is 25.4 Å². The van der Waals surface area contributed by atoms with Crippen LogP contribution in [0.2, 0.25) is 0 Å². The number of aryl methyl sites for hydroxylation is 2. The molecule has 4 rings (SSSR count). The molecule has 1 aromatic carbocycles. The number of fused-ring (bicyclic) bond motifs is 1. The molecule has 3 heterocycles. The number of hydrogen-bond acceptors (Lipinski definition) is 6. The van der Waals surface area contributed by atoms with Gasteiger partial charge >= 0.3 is 5.97 Å². The quantitative estimate of drug-likeness (QED) is 0.230. The van der Waals surface area contributed by atoms with E-state index in [-0.39, 0.29) is 25.0 Å². The standard InChI is InChI=1S/C31H44N2O6/c1-6-18-32(25-21(4)14-13-15-22(25)5)28(36)26-31-17-16-30(7-2,39-31)24(29(37)38-8-3)23(31)27(35)33(26)19-11-9-10-12-20-34/h6,13-15,23-24,26,34H,1,7-12,16-20H2,2-5H3/t23-,24-,26?,30+,31?/m0/s1. The highest BCUT2D eigenvalue weighted by atomic mass is 16.6. The number of para-hydroxylation sites is 1. The largest absolute Gasteiger partial charge is 0.466 e. The number of aliphatic hydroxyl groups is 1. The Kier molecular flexibility index (Phi) is 8.86. The van der Waals surface area contributed by atoms with Gasteiger partial charge in [-0.3, -0.25) is 14.4 Å². The molecule has 0 aromatic heterocycles. The molecule has 214 valence electrons. The fourth-order valence-corrected chi connectivity index (χ4v) is 7.38. The third kappa shape index (κ3) is 4.80. The Morgan fingerprint density at radius 2 is 1.87 bits per heavy atom. The van der Waals surface area contributed by atoms with Gasteiger partial charge < -0.3 is 24.4 Å². The van der Waals surface area contributed by atoms with Crippen molar-refractivity contribution in [2.45, 2.75) is 89.9 Å². The summed E-state index contributed by atoms with van der Waals surface area (Å²) in [4.78, 5) is 45.7. The number of carbonyl (C=O) groups excluding carboxylic acids is 3. The summed E-state index contributed by atoms with van der Waals surface area (Å²) in [6.45, 7) is 12.7. The molecule has 1 aromatic rings. The van der Waals surface area contributed by atoms with Crippen molar-refractivity contribution in [3.63, 3.8) is 0 Å². The Morgan fingerprint density at radius 3 is 2.49 bits per heavy atom. The molecular weight excluding hydrogens is 496 g/mol. The zero-order chi connectivity index (χ0) is 28.4. The highest BCUT2D eigenvalue weighted by Gasteiger charge is 2.79. The normalized spacial score (nSPS) is 29.0. The molecule has 5 atom stereocenters. The SMILES string of the molecule is C=CCN(C(=O)C1N(CCCCCCO)C(=O)[C@@H]2[C@@H](C(=O)OCC)[C@@]3(CC)CCC12O3)c1c(C)cccc1C. The number of benzene rings is 1. The predicted octanol–water partition coefficient (Wildman–Crippen LogP) is 4.09. The van der Waals surface area contributed by atoms with Crippen LogP contribution in [-0.4, -0.2) is 71.3 Å². The van der Waals surface area contributed by atoms with Crippen LogP contribution in [0.1, 0.15) is 69.9 Å². The number of carbonyl (C=O) groups is 3. The maximum absolute atomic E-state index is 14.7. The van der Waals surface area contributed by atoms with Gasteiger partial charge in [0.05, 0.1) is 18.1 Å². The number of hydrogen-bond donors (Lipinski definition) is 1. The Bertz CT molecular complexity index is 1080. The fourth-order valence-electron chi connectivity index (χ4n) is 7.38. The van der Waals surface area contributed by atoms with Crippen molar-refractivity contribution in [3.05, 3.63) is 42.0 Å². The second-order valence-electron chi connectivity index (χ2n) is 11.2. The smallest absolute Gasteiger partial charge is 0.312 e. The van der Waals surface area contributed by atoms with E-state index in [0.717, 1.165) is 29.7 Å². The number of likely N-dealkylation sites (tertiary alicyclic amines) is 1. The first-order valence-electron chi connectivity index (χ1n) is 14.5. The molecule has 8 heteroatoms. The van der Waals surface area contributed by atoms with Gasteiger partial charge in [0.2, 0.25) is 5.91 Å². The lowest BCUT2D eigenvalue weighted by molar-refractivity contribution is -0.160. The number of rotatable bonds is 13. The highest BCUT2D eigenvalue weighted by Crippen LogP contribution is 2.64. The van der Waals surface area contributed by atoms with E-state index in [4.69, 9.17) is 14.6 Å². The third-order valence-electron chi connectivity index (χ3n) is 9.05. The minimum Gasteiger partial charge on any atom is -0.466 e. The Balaban J connectivity index is 1.79. The van der Waals surface area contributed by atoms with Crippen molar-refractivity contribution < 1.29 is 29.0 Å². The molecule has 0 radical (unpaired) electrons. The van der Waals surface area contributed by atoms with E-state index in [1.54, 1.807) is 22.8 Å². The summed E-state index contributed by atoms with van der Waals surface area (Å²) in [7, 11) is 0. The molecule has 3 aliphatic rings. The van der Waals surface area contributed by atoms with Crippen molar-refractivity contribution in [2.24, 2.45) is 11.8 Å². The van der Waals surface area contributed by atoms with Crippen molar-refractivity contribution in [3.8, 4) is 0 Å². The van der Waals surface area contributed by atoms with Crippen molar-refractivity contribution in [2.75, 3.05) is 31.2 Å². The summed E-state index contributed by atoms with van der Waals surface area (Å²) >= 11 is 0. The Hall–Kier alpha value is -2.71. The van der Waals surface area contributed by atoms with Crippen molar-refractivity contribution in [1.29, 1.82) is 0 Å². The predicted molar refractivity (Wildman–Crippen MR) is 149 cm³/mol. The zero-order valence-electron chi connectivity index (χ0n) is 23.9. The van der Waals surface area contributed by atoms with E-state index in [2.05, 4.69) is 6.58 Å². The van der Waals surface area contributed by atoms with Crippen LogP contribution in [0.15, 0.2) is 30.9 Å². The van der Waals surface area contributed by atoms with E-state index in [0.29, 0.717) is 45.2 Å². The summed E-state index contributed by atoms with van der Waals surface area (Å²) in [5.74, 6) is -2.28. The van der Waals surface area contributed by atoms with Gasteiger partial charge in [-0.1, -0.05) is 44.0 Å². The molecule has 1 N–H and O–H groups in total. The first-order valence-corrected chi connectivity index (χ1v) is 14.5. The lowest BCUT2D eigenvalue weighted by atomic mass is 9.65. The fraction of sp³-hybridized carbons (Fsp3) is 0.645. The number of unbranched alkanes of at least 4 members (excludes halogenated alkanes) is 3. The molecule has 8 nitrogen and oxygen atoms in total. The van der Waals surface area contributed by atoms with Gasteiger partial charge in [0.15, 0.2) is 0 Å². The van der Waals surface area contributed by atoms with Crippen LogP contribution in [0.25, 0.3) is 0 Å². The summed E-state index contributed by atoms with van der Waals surface area (Å²) in [6, 6.07) is 5.08. The molecule has 2 amide bonds. The molecule has 3 aliphatic heterocycles. The molecule has 39 heavy (non-hydrogen) atoms. The molecule has 0 saturated carbocycles. The Morgan fingerprint density at radius 1 is 1.18 bits per heavy atom. The van der Waals surface area contributed by atoms with Gasteiger partial charge in [-0.15, -0.1) is 6.58 Å². The van der Waals surface area contributed by atoms with Crippen LogP contribution in [0.4, 0.5) is 5.69 Å². The van der Waals surface area contributed by atoms with Gasteiger partial charge in [-0.2, -0.15) is 0 Å². The number of ether oxygens (including phenoxy) is 2. The second-order valence-corrected chi connectivity index (χ2v) is 11.2. The van der Waals surface area contributed by atoms with E-state index in [9.17, 15) is 14.4 Å². The van der Waals surface area contributed by atoms with Crippen LogP contribution >= 0.6 is 0 Å². The maximum atomic E-state index is 14.7. The number of esters is 1. The average Bonchev–Trinajstić information content (AvgIpc) is 3.51. The van der Waals surface area contributed by atoms with E-state index in [1.807, 2.05) is 39.0 Å². The van der Waals surface area contributed by atoms with Crippen molar-refractivity contribution in [1.82, 2.24) is 4.90 Å². The van der Waals surface area contributed by atoms with Gasteiger partial charge in [-0.25, -0.2) is 0 Å². The minimum atomic E-state index is -1.08. The summed E-state index contributed by atoms with van der Waals surface area (Å²) in [5.41, 5.74) is 0.857. The first kappa shape index (κ1) is 29.3. The van der Waals surface area contributed by atoms with Crippen molar-refractivity contribution >= 4 is 23.5 Å². The minimum absolute atomic E-state index is 0.134. The van der Waals surface area contributed by atoms with E-state index >= 15 is 0 Å². The molecule has 0 aliphatic carbocycles. The third-order valence-corrected chi connectivity index (χ3v) is 9.05. The number of anilines is 1. The molecular formula is C31H44N2O6. The maximum Gasteiger partial charge on any atom is 0.312 e. The highest BCUT2D eigenvalue weighted by molar-refractivity contribution is 6.05. The molecule has 2 unspecified atom stereocenters. The van der Waals surface area contributed by atoms with Crippen LogP contribution < -0.4 is 4.90 Å². The zero-order valence-corrected chi connectivity index (χ0v) is 23.9. The van der Waals surface area contributed by atoms with Gasteiger partial charge in [-0.05, 0) is 64.0 Å². The lowest BCUT2D eigenvalue weighted by Crippen LogP contribution is -2.56. The number of amides is 2. The van der Waals surface area contributed by atoms with Gasteiger partial charge in [0.25, 0.3) is 5.91 Å². The molecule has 3 fully saturated rings. The van der Waals surface area contributed by atoms with Gasteiger partial charge in [0.1, 0.15) is 17.6 Å².